The fraction of sp³-hybridized carbons (Fsp3) is 0.252. The molecule has 4 saturated carbocycles. The molecule has 9 heterocycles. The van der Waals surface area contributed by atoms with Crippen molar-refractivity contribution in [2.45, 2.75) is 113 Å². The van der Waals surface area contributed by atoms with Gasteiger partial charge in [-0.1, -0.05) is 93.9 Å². The summed E-state index contributed by atoms with van der Waals surface area (Å²) in [6.45, 7) is 7.14. The van der Waals surface area contributed by atoms with Crippen molar-refractivity contribution in [3.8, 4) is 23.3 Å². The van der Waals surface area contributed by atoms with Gasteiger partial charge in [-0.25, -0.2) is 17.4 Å². The number of hydrogen-bond acceptors (Lipinski definition) is 14. The molecule has 0 spiro atoms. The summed E-state index contributed by atoms with van der Waals surface area (Å²) < 4.78 is 37.9. The van der Waals surface area contributed by atoms with E-state index < -0.39 is 10.0 Å². The maximum Gasteiger partial charge on any atom is 0.268 e. The van der Waals surface area contributed by atoms with E-state index in [9.17, 15) is 42.0 Å². The van der Waals surface area contributed by atoms with Crippen LogP contribution in [0, 0.1) is 17.2 Å². The van der Waals surface area contributed by atoms with Gasteiger partial charge in [0, 0.05) is 178 Å². The van der Waals surface area contributed by atoms with Crippen molar-refractivity contribution in [1.82, 2.24) is 90.6 Å². The smallest absolute Gasteiger partial charge is 0.268 e. The van der Waals surface area contributed by atoms with E-state index in [4.69, 9.17) is 84.3 Å². The van der Waals surface area contributed by atoms with Crippen LogP contribution in [0.1, 0.15) is 169 Å². The number of rotatable bonds is 24. The van der Waals surface area contributed by atoms with E-state index in [1.54, 1.807) is 97.6 Å². The SMILES string of the molecule is CC(=O)N1CC(C(C)NC(=O)c2cc3cc(Cl)ccc3[nH]2)C1.CC(CCN(C)S(C)(=O)=O)NC(=O)c1cc2cc(Cl)ccc2[nH]1.COc1ccc(-n2cc(C3(NC(=O)c4cc5cc(Cl)ccc5[nH]4)CC3)cn2)cc1.COc1ccc(C2(NC(=O)c3cc4cc(Cl)ccc4[nH]3)CC2)cc1.Cn1cc(C2(NC(=O)c3cc4cc(C#N)ccc4[nH]3)CC2)cn1.O=C(NC1(c2ccc(Cl)cc2)CC1)c1cc2cc(Cl)ccc2[nH]1. The predicted molar refractivity (Wildman–Crippen MR) is 563 cm³/mol. The van der Waals surface area contributed by atoms with Crippen molar-refractivity contribution < 1.29 is 51.5 Å². The summed E-state index contributed by atoms with van der Waals surface area (Å²) in [5.74, 6) is 1.16. The minimum Gasteiger partial charge on any atom is -0.497 e. The molecule has 5 fully saturated rings. The van der Waals surface area contributed by atoms with Crippen LogP contribution in [-0.4, -0.2) is 168 Å². The van der Waals surface area contributed by atoms with E-state index in [2.05, 4.69) is 78.1 Å². The summed E-state index contributed by atoms with van der Waals surface area (Å²) in [4.78, 5) is 107. The average Bonchev–Trinajstić information content (AvgIpc) is 1.60. The number of carbonyl (C=O) groups excluding carboxylic acids is 7. The molecule has 9 aromatic carbocycles. The van der Waals surface area contributed by atoms with Crippen LogP contribution in [-0.2, 0) is 44.0 Å². The van der Waals surface area contributed by atoms with Gasteiger partial charge in [-0.2, -0.15) is 15.5 Å². The molecule has 17 aromatic rings. The van der Waals surface area contributed by atoms with Gasteiger partial charge >= 0.3 is 0 Å². The highest BCUT2D eigenvalue weighted by atomic mass is 35.5. The molecule has 5 aliphatic rings. The third kappa shape index (κ3) is 23.9. The first-order chi connectivity index (χ1) is 68.9. The minimum atomic E-state index is -3.20. The number of carbonyl (C=O) groups is 7. The van der Waals surface area contributed by atoms with E-state index in [0.717, 1.165) is 162 Å². The van der Waals surface area contributed by atoms with Gasteiger partial charge in [0.1, 0.15) is 45.7 Å². The first kappa shape index (κ1) is 101. The Balaban J connectivity index is 0.000000119. The molecule has 8 aromatic heterocycles. The summed E-state index contributed by atoms with van der Waals surface area (Å²) in [5, 5.41) is 45.4. The largest absolute Gasteiger partial charge is 0.497 e. The van der Waals surface area contributed by atoms with Gasteiger partial charge in [-0.05, 0) is 277 Å². The summed E-state index contributed by atoms with van der Waals surface area (Å²) in [6.07, 6.45) is 16.6. The minimum absolute atomic E-state index is 0.0260. The van der Waals surface area contributed by atoms with Crippen LogP contribution in [0.4, 0.5) is 0 Å². The second-order valence-electron chi connectivity index (χ2n) is 37.0. The Labute approximate surface area is 858 Å². The molecule has 4 aliphatic carbocycles. The fourth-order valence-electron chi connectivity index (χ4n) is 17.2. The summed E-state index contributed by atoms with van der Waals surface area (Å²) in [5.41, 5.74) is 12.9. The highest BCUT2D eigenvalue weighted by Crippen LogP contribution is 2.50. The Kier molecular flexibility index (Phi) is 29.7. The number of aromatic amines is 6. The van der Waals surface area contributed by atoms with E-state index in [-0.39, 0.29) is 75.6 Å². The quantitative estimate of drug-likeness (QED) is 0.0268. The number of benzene rings is 9. The standard InChI is InChI=1S/C22H19ClN4O2.C19H17ClN2O2.C18H14Cl2N2O.C17H15N5O.C16H18ClN3O2.C15H20ClN3O3S/c1-29-18-5-3-17(4-6-18)27-13-15(12-24-27)22(8-9-22)26-21(28)20-11-14-10-16(23)2-7-19(14)25-20;1-24-15-5-2-13(3-6-15)19(8-9-19)22-18(23)17-11-12-10-14(20)4-7-16(12)21-17;19-13-3-1-12(2-4-13)18(7-8-18)22-17(23)16-10-11-9-14(20)5-6-15(11)21-16;1-22-10-13(9-19-22)17(4-5-17)21-16(23)15-7-12-6-11(8-18)2-3-14(12)20-15;1-9(12-7-20(8-12)10(2)21)18-16(22)15-6-11-5-13(17)3-4-14(11)19-15;1-10(6-7-19(2)23(3,21)22)17-15(20)14-9-11-8-12(16)4-5-13(11)18-14/h2-7,10-13,25H,8-9H2,1H3,(H,26,28);2-7,10-11,21H,8-9H2,1H3,(H,22,23);1-6,9-10,21H,7-8H2,(H,22,23);2-3,6-7,9-10,20H,4-5H2,1H3,(H,21,23);3-6,9,12,19H,7-8H2,1-2H3,(H,18,22);4-5,8-10,18H,6-7H2,1-3H3,(H,17,20). The van der Waals surface area contributed by atoms with Crippen LogP contribution in [0.15, 0.2) is 243 Å². The van der Waals surface area contributed by atoms with Crippen molar-refractivity contribution in [2.24, 2.45) is 13.0 Å². The first-order valence-electron chi connectivity index (χ1n) is 46.5. The second-order valence-corrected chi connectivity index (χ2v) is 41.7. The van der Waals surface area contributed by atoms with Gasteiger partial charge in [0.15, 0.2) is 0 Å². The lowest BCUT2D eigenvalue weighted by Crippen LogP contribution is -2.56. The number of sulfonamides is 1. The van der Waals surface area contributed by atoms with Crippen LogP contribution in [0.2, 0.25) is 30.1 Å². The number of nitrogens with zero attached hydrogens (tertiary/aromatic N) is 7. The van der Waals surface area contributed by atoms with Crippen LogP contribution in [0.3, 0.4) is 0 Å². The molecule has 7 amide bonds. The summed E-state index contributed by atoms with van der Waals surface area (Å²) in [6, 6.07) is 68.7. The number of ether oxygens (including phenoxy) is 2. The Morgan fingerprint density at radius 2 is 0.757 bits per heavy atom. The number of nitriles is 1. The third-order valence-electron chi connectivity index (χ3n) is 26.6. The van der Waals surface area contributed by atoms with E-state index in [0.29, 0.717) is 102 Å². The highest BCUT2D eigenvalue weighted by Gasteiger charge is 2.50. The molecule has 37 heteroatoms. The van der Waals surface area contributed by atoms with Crippen molar-refractivity contribution in [2.75, 3.05) is 47.2 Å². The van der Waals surface area contributed by atoms with Crippen molar-refractivity contribution in [3.63, 3.8) is 0 Å². The zero-order chi connectivity index (χ0) is 102. The highest BCUT2D eigenvalue weighted by molar-refractivity contribution is 7.88. The topological polar surface area (TPSA) is 405 Å². The number of fused-ring (bicyclic) bond motifs is 6. The number of nitrogens with one attached hydrogen (secondary N) is 12. The van der Waals surface area contributed by atoms with Gasteiger partial charge in [-0.3, -0.25) is 38.2 Å². The number of amides is 7. The molecule has 30 nitrogen and oxygen atoms in total. The first-order valence-corrected chi connectivity index (χ1v) is 50.7. The number of likely N-dealkylation sites (tertiary alicyclic amines) is 1. The van der Waals surface area contributed by atoms with Crippen molar-refractivity contribution in [3.05, 3.63) is 335 Å². The maximum atomic E-state index is 12.9. The predicted octanol–water partition coefficient (Wildman–Crippen LogP) is 20.4. The molecule has 0 bridgehead atoms. The molecule has 22 rings (SSSR count). The lowest BCUT2D eigenvalue weighted by atomic mass is 9.92. The number of aromatic nitrogens is 10. The van der Waals surface area contributed by atoms with Gasteiger partial charge in [0.05, 0.1) is 72.3 Å². The van der Waals surface area contributed by atoms with E-state index in [1.165, 1.54) is 11.4 Å². The van der Waals surface area contributed by atoms with Crippen molar-refractivity contribution >= 4 is 186 Å². The zero-order valence-corrected chi connectivity index (χ0v) is 85.0. The second kappa shape index (κ2) is 42.3. The molecule has 144 heavy (non-hydrogen) atoms. The van der Waals surface area contributed by atoms with Crippen LogP contribution < -0.4 is 41.4 Å². The molecular weight excluding hydrogens is 1970 g/mol. The molecular formula is C107H103Cl6N19O11S. The van der Waals surface area contributed by atoms with E-state index in [1.807, 2.05) is 202 Å². The average molecular weight is 2080 g/mol. The Morgan fingerprint density at radius 1 is 0.438 bits per heavy atom. The van der Waals surface area contributed by atoms with Gasteiger partial charge in [-0.15, -0.1) is 0 Å². The molecule has 2 unspecified atom stereocenters. The molecule has 1 saturated heterocycles. The molecule has 1 aliphatic heterocycles. The Morgan fingerprint density at radius 3 is 1.10 bits per heavy atom. The van der Waals surface area contributed by atoms with Gasteiger partial charge < -0.3 is 76.2 Å². The lowest BCUT2D eigenvalue weighted by Gasteiger charge is -2.42. The zero-order valence-electron chi connectivity index (χ0n) is 79.6. The number of methoxy groups -OCH3 is 2. The Hall–Kier alpha value is -14.3. The van der Waals surface area contributed by atoms with Gasteiger partial charge in [0.25, 0.3) is 35.4 Å². The van der Waals surface area contributed by atoms with Gasteiger partial charge in [0.2, 0.25) is 15.9 Å². The molecule has 12 N–H and O–H groups in total. The summed E-state index contributed by atoms with van der Waals surface area (Å²) >= 11 is 35.9. The van der Waals surface area contributed by atoms with Crippen LogP contribution in [0.5, 0.6) is 11.5 Å². The molecule has 740 valence electrons. The number of aryl methyl sites for hydroxylation is 1. The normalized spacial score (nSPS) is 15.1. The van der Waals surface area contributed by atoms with Crippen molar-refractivity contribution in [1.29, 1.82) is 5.26 Å². The monoisotopic (exact) mass is 2070 g/mol. The summed E-state index contributed by atoms with van der Waals surface area (Å²) in [7, 11) is 3.47. The number of halogens is 6. The molecule has 0 radical (unpaired) electrons. The fourth-order valence-corrected chi connectivity index (χ4v) is 18.7. The van der Waals surface area contributed by atoms with E-state index >= 15 is 0 Å². The Bertz CT molecular complexity index is 7890. The number of H-pyrrole nitrogens is 6. The van der Waals surface area contributed by atoms with Crippen LogP contribution in [0.25, 0.3) is 71.1 Å². The lowest BCUT2D eigenvalue weighted by molar-refractivity contribution is -0.135. The molecule has 2 atom stereocenters. The number of hydrogen-bond donors (Lipinski definition) is 12. The third-order valence-corrected chi connectivity index (χ3v) is 29.3. The maximum absolute atomic E-state index is 12.9. The van der Waals surface area contributed by atoms with Crippen LogP contribution >= 0.6 is 69.6 Å².